The van der Waals surface area contributed by atoms with Gasteiger partial charge in [0.15, 0.2) is 5.75 Å². The third kappa shape index (κ3) is 3.01. The number of rotatable bonds is 5. The average Bonchev–Trinajstić information content (AvgIpc) is 2.82. The second kappa shape index (κ2) is 5.69. The Bertz CT molecular complexity index is 550. The molecule has 0 aliphatic carbocycles. The number of hydrogen-bond acceptors (Lipinski definition) is 5. The van der Waals surface area contributed by atoms with Crippen LogP contribution in [0.2, 0.25) is 0 Å². The first-order valence-corrected chi connectivity index (χ1v) is 6.43. The molecular weight excluding hydrogens is 242 g/mol. The molecule has 0 unspecified atom stereocenters. The molecule has 0 spiro atoms. The number of aromatic nitrogens is 4. The van der Waals surface area contributed by atoms with E-state index in [2.05, 4.69) is 35.8 Å². The van der Waals surface area contributed by atoms with Crippen LogP contribution in [0.15, 0.2) is 18.7 Å². The fourth-order valence-electron chi connectivity index (χ4n) is 1.75. The third-order valence-corrected chi connectivity index (χ3v) is 2.76. The number of ether oxygens (including phenoxy) is 1. The van der Waals surface area contributed by atoms with Gasteiger partial charge in [-0.05, 0) is 20.3 Å². The molecule has 102 valence electrons. The molecule has 0 bridgehead atoms. The van der Waals surface area contributed by atoms with Gasteiger partial charge in [0.1, 0.15) is 12.1 Å². The van der Waals surface area contributed by atoms with Gasteiger partial charge in [-0.2, -0.15) is 5.10 Å². The molecule has 0 amide bonds. The zero-order chi connectivity index (χ0) is 13.8. The molecule has 0 aliphatic heterocycles. The van der Waals surface area contributed by atoms with E-state index in [0.717, 1.165) is 18.4 Å². The van der Waals surface area contributed by atoms with Gasteiger partial charge in [0, 0.05) is 6.04 Å². The Hall–Kier alpha value is -2.11. The molecule has 0 aromatic carbocycles. The van der Waals surface area contributed by atoms with Crippen LogP contribution in [0.1, 0.15) is 38.8 Å². The maximum absolute atomic E-state index is 5.86. The van der Waals surface area contributed by atoms with Crippen molar-refractivity contribution in [2.45, 2.75) is 39.7 Å². The number of anilines is 1. The first kappa shape index (κ1) is 13.3. The minimum Gasteiger partial charge on any atom is -0.435 e. The van der Waals surface area contributed by atoms with E-state index in [-0.39, 0.29) is 0 Å². The Morgan fingerprint density at radius 1 is 1.37 bits per heavy atom. The van der Waals surface area contributed by atoms with Crippen molar-refractivity contribution in [2.75, 3.05) is 5.73 Å². The van der Waals surface area contributed by atoms with Crippen molar-refractivity contribution in [3.63, 3.8) is 0 Å². The predicted octanol–water partition coefficient (Wildman–Crippen LogP) is 2.58. The summed E-state index contributed by atoms with van der Waals surface area (Å²) in [4.78, 5) is 8.16. The van der Waals surface area contributed by atoms with E-state index < -0.39 is 0 Å². The zero-order valence-electron chi connectivity index (χ0n) is 11.5. The highest BCUT2D eigenvalue weighted by molar-refractivity contribution is 5.45. The molecule has 0 saturated heterocycles. The van der Waals surface area contributed by atoms with Gasteiger partial charge >= 0.3 is 0 Å². The Labute approximate surface area is 112 Å². The summed E-state index contributed by atoms with van der Waals surface area (Å²) in [7, 11) is 0. The number of hydrogen-bond donors (Lipinski definition) is 1. The van der Waals surface area contributed by atoms with E-state index >= 15 is 0 Å². The Balaban J connectivity index is 2.24. The van der Waals surface area contributed by atoms with Crippen molar-refractivity contribution in [3.05, 3.63) is 24.3 Å². The standard InChI is InChI=1S/C13H19N5O/c1-4-5-11-12(14)15-8-16-13(11)19-10-6-17-18(7-10)9(2)3/h6-9H,4-5H2,1-3H3,(H2,14,15,16). The first-order chi connectivity index (χ1) is 9.11. The van der Waals surface area contributed by atoms with E-state index in [4.69, 9.17) is 10.5 Å². The van der Waals surface area contributed by atoms with Crippen LogP contribution in [0, 0.1) is 0 Å². The van der Waals surface area contributed by atoms with Gasteiger partial charge in [-0.25, -0.2) is 9.97 Å². The highest BCUT2D eigenvalue weighted by Crippen LogP contribution is 2.26. The van der Waals surface area contributed by atoms with Crippen LogP contribution in [0.25, 0.3) is 0 Å². The van der Waals surface area contributed by atoms with Crippen molar-refractivity contribution >= 4 is 5.82 Å². The van der Waals surface area contributed by atoms with Crippen LogP contribution in [0.5, 0.6) is 11.6 Å². The summed E-state index contributed by atoms with van der Waals surface area (Å²) in [5, 5.41) is 4.23. The molecule has 0 aliphatic rings. The molecule has 19 heavy (non-hydrogen) atoms. The van der Waals surface area contributed by atoms with Crippen molar-refractivity contribution in [3.8, 4) is 11.6 Å². The second-order valence-corrected chi connectivity index (χ2v) is 4.64. The van der Waals surface area contributed by atoms with Crippen LogP contribution < -0.4 is 10.5 Å². The minimum absolute atomic E-state index is 0.294. The van der Waals surface area contributed by atoms with E-state index in [1.807, 2.05) is 10.9 Å². The Morgan fingerprint density at radius 3 is 2.79 bits per heavy atom. The van der Waals surface area contributed by atoms with Crippen molar-refractivity contribution in [1.82, 2.24) is 19.7 Å². The molecule has 0 atom stereocenters. The fourth-order valence-corrected chi connectivity index (χ4v) is 1.75. The van der Waals surface area contributed by atoms with Crippen LogP contribution >= 0.6 is 0 Å². The van der Waals surface area contributed by atoms with Crippen molar-refractivity contribution < 1.29 is 4.74 Å². The SMILES string of the molecule is CCCc1c(N)ncnc1Oc1cnn(C(C)C)c1. The smallest absolute Gasteiger partial charge is 0.227 e. The zero-order valence-corrected chi connectivity index (χ0v) is 11.5. The lowest BCUT2D eigenvalue weighted by molar-refractivity contribution is 0.451. The predicted molar refractivity (Wildman–Crippen MR) is 73.1 cm³/mol. The molecule has 0 radical (unpaired) electrons. The van der Waals surface area contributed by atoms with E-state index in [1.165, 1.54) is 6.33 Å². The molecule has 2 heterocycles. The van der Waals surface area contributed by atoms with Crippen LogP contribution in [0.3, 0.4) is 0 Å². The topological polar surface area (TPSA) is 78.8 Å². The van der Waals surface area contributed by atoms with Crippen molar-refractivity contribution in [1.29, 1.82) is 0 Å². The lowest BCUT2D eigenvalue weighted by Gasteiger charge is -2.09. The summed E-state index contributed by atoms with van der Waals surface area (Å²) < 4.78 is 7.59. The van der Waals surface area contributed by atoms with Gasteiger partial charge in [-0.1, -0.05) is 13.3 Å². The second-order valence-electron chi connectivity index (χ2n) is 4.64. The molecule has 2 aromatic rings. The molecule has 2 aromatic heterocycles. The Kier molecular flexibility index (Phi) is 3.99. The van der Waals surface area contributed by atoms with Gasteiger partial charge in [0.2, 0.25) is 5.88 Å². The van der Waals surface area contributed by atoms with E-state index in [0.29, 0.717) is 23.5 Å². The van der Waals surface area contributed by atoms with E-state index in [9.17, 15) is 0 Å². The van der Waals surface area contributed by atoms with Crippen molar-refractivity contribution in [2.24, 2.45) is 0 Å². The minimum atomic E-state index is 0.294. The molecule has 0 fully saturated rings. The summed E-state index contributed by atoms with van der Waals surface area (Å²) >= 11 is 0. The lowest BCUT2D eigenvalue weighted by atomic mass is 10.2. The van der Waals surface area contributed by atoms with E-state index in [1.54, 1.807) is 6.20 Å². The molecule has 6 heteroatoms. The van der Waals surface area contributed by atoms with Gasteiger partial charge in [-0.3, -0.25) is 4.68 Å². The molecular formula is C13H19N5O. The summed E-state index contributed by atoms with van der Waals surface area (Å²) in [5.74, 6) is 1.64. The van der Waals surface area contributed by atoms with Gasteiger partial charge in [-0.15, -0.1) is 0 Å². The third-order valence-electron chi connectivity index (χ3n) is 2.76. The molecule has 2 N–H and O–H groups in total. The van der Waals surface area contributed by atoms with Crippen LogP contribution in [0.4, 0.5) is 5.82 Å². The summed E-state index contributed by atoms with van der Waals surface area (Å²) in [5.41, 5.74) is 6.71. The summed E-state index contributed by atoms with van der Waals surface area (Å²) in [6, 6.07) is 0.294. The monoisotopic (exact) mass is 261 g/mol. The average molecular weight is 261 g/mol. The van der Waals surface area contributed by atoms with Crippen LogP contribution in [-0.4, -0.2) is 19.7 Å². The van der Waals surface area contributed by atoms with Crippen LogP contribution in [-0.2, 0) is 6.42 Å². The number of nitrogens with zero attached hydrogens (tertiary/aromatic N) is 4. The fraction of sp³-hybridized carbons (Fsp3) is 0.462. The maximum Gasteiger partial charge on any atom is 0.227 e. The summed E-state index contributed by atoms with van der Waals surface area (Å²) in [6.45, 7) is 6.19. The number of nitrogens with two attached hydrogens (primary N) is 1. The van der Waals surface area contributed by atoms with Gasteiger partial charge < -0.3 is 10.5 Å². The molecule has 6 nitrogen and oxygen atoms in total. The largest absolute Gasteiger partial charge is 0.435 e. The molecule has 2 rings (SSSR count). The highest BCUT2D eigenvalue weighted by atomic mass is 16.5. The highest BCUT2D eigenvalue weighted by Gasteiger charge is 2.12. The lowest BCUT2D eigenvalue weighted by Crippen LogP contribution is -2.02. The molecule has 0 saturated carbocycles. The number of nitrogen functional groups attached to an aromatic ring is 1. The summed E-state index contributed by atoms with van der Waals surface area (Å²) in [6.07, 6.45) is 6.68. The van der Waals surface area contributed by atoms with Gasteiger partial charge in [0.25, 0.3) is 0 Å². The first-order valence-electron chi connectivity index (χ1n) is 6.43. The normalized spacial score (nSPS) is 10.9. The maximum atomic E-state index is 5.86. The Morgan fingerprint density at radius 2 is 2.16 bits per heavy atom. The van der Waals surface area contributed by atoms with Gasteiger partial charge in [0.05, 0.1) is 18.0 Å². The quantitative estimate of drug-likeness (QED) is 0.894.